The molecule has 1 heterocycles. The second kappa shape index (κ2) is 9.60. The third-order valence-corrected chi connectivity index (χ3v) is 5.33. The number of benzene rings is 2. The molecule has 3 rings (SSSR count). The molecule has 3 aromatic rings. The van der Waals surface area contributed by atoms with Gasteiger partial charge in [0.05, 0.1) is 17.9 Å². The molecule has 6 nitrogen and oxygen atoms in total. The molecule has 0 N–H and O–H groups in total. The Morgan fingerprint density at radius 2 is 1.86 bits per heavy atom. The van der Waals surface area contributed by atoms with E-state index in [-0.39, 0.29) is 5.91 Å². The van der Waals surface area contributed by atoms with Gasteiger partial charge in [-0.05, 0) is 56.2 Å². The number of hydrogen-bond acceptors (Lipinski definition) is 6. The van der Waals surface area contributed by atoms with Crippen LogP contribution < -0.4 is 4.74 Å². The standard InChI is InChI=1S/C22H25N3O3S/c1-15-11-16(2)13-18(12-15)27-10-9-25(4)22(26)19-7-5-6-8-20(19)29-14-21-23-17(3)24-28-21/h5-8,11-13H,9-10,14H2,1-4H3. The van der Waals surface area contributed by atoms with Crippen molar-refractivity contribution in [3.05, 3.63) is 70.9 Å². The van der Waals surface area contributed by atoms with Crippen LogP contribution in [-0.2, 0) is 5.75 Å². The fraction of sp³-hybridized carbons (Fsp3) is 0.318. The van der Waals surface area contributed by atoms with Gasteiger partial charge >= 0.3 is 0 Å². The molecule has 0 saturated carbocycles. The molecular weight excluding hydrogens is 386 g/mol. The molecule has 1 amide bonds. The molecule has 0 aliphatic heterocycles. The zero-order valence-electron chi connectivity index (χ0n) is 17.1. The molecule has 0 fully saturated rings. The fourth-order valence-corrected chi connectivity index (χ4v) is 3.81. The summed E-state index contributed by atoms with van der Waals surface area (Å²) in [6.45, 7) is 6.79. The first-order valence-corrected chi connectivity index (χ1v) is 10.4. The van der Waals surface area contributed by atoms with Crippen LogP contribution in [0.1, 0.15) is 33.2 Å². The van der Waals surface area contributed by atoms with Crippen molar-refractivity contribution in [3.8, 4) is 5.75 Å². The molecular formula is C22H25N3O3S. The summed E-state index contributed by atoms with van der Waals surface area (Å²) in [5, 5.41) is 3.80. The summed E-state index contributed by atoms with van der Waals surface area (Å²) >= 11 is 1.51. The summed E-state index contributed by atoms with van der Waals surface area (Å²) in [5.41, 5.74) is 2.97. The van der Waals surface area contributed by atoms with Crippen molar-refractivity contribution < 1.29 is 14.1 Å². The third-order valence-electron chi connectivity index (χ3n) is 4.28. The molecule has 7 heteroatoms. The highest BCUT2D eigenvalue weighted by Crippen LogP contribution is 2.26. The van der Waals surface area contributed by atoms with E-state index in [1.165, 1.54) is 11.8 Å². The number of hydrogen-bond donors (Lipinski definition) is 0. The molecule has 2 aromatic carbocycles. The fourth-order valence-electron chi connectivity index (χ4n) is 2.93. The van der Waals surface area contributed by atoms with Crippen molar-refractivity contribution in [1.29, 1.82) is 0 Å². The monoisotopic (exact) mass is 411 g/mol. The first-order valence-electron chi connectivity index (χ1n) is 9.40. The van der Waals surface area contributed by atoms with Crippen LogP contribution in [0.3, 0.4) is 0 Å². The van der Waals surface area contributed by atoms with E-state index in [1.54, 1.807) is 18.9 Å². The minimum atomic E-state index is -0.0427. The van der Waals surface area contributed by atoms with Crippen LogP contribution in [0.4, 0.5) is 0 Å². The minimum Gasteiger partial charge on any atom is -0.492 e. The van der Waals surface area contributed by atoms with Crippen LogP contribution in [0.25, 0.3) is 0 Å². The quantitative estimate of drug-likeness (QED) is 0.511. The summed E-state index contributed by atoms with van der Waals surface area (Å²) in [6, 6.07) is 13.7. The Bertz CT molecular complexity index is 967. The second-order valence-corrected chi connectivity index (χ2v) is 7.94. The van der Waals surface area contributed by atoms with Crippen LogP contribution in [0, 0.1) is 20.8 Å². The van der Waals surface area contributed by atoms with E-state index >= 15 is 0 Å². The van der Waals surface area contributed by atoms with E-state index in [9.17, 15) is 4.79 Å². The van der Waals surface area contributed by atoms with Gasteiger partial charge < -0.3 is 14.2 Å². The van der Waals surface area contributed by atoms with Crippen LogP contribution in [-0.4, -0.2) is 41.1 Å². The smallest absolute Gasteiger partial charge is 0.254 e. The topological polar surface area (TPSA) is 68.5 Å². The molecule has 0 aliphatic carbocycles. The Balaban J connectivity index is 1.58. The number of ether oxygens (including phenoxy) is 1. The highest BCUT2D eigenvalue weighted by atomic mass is 32.2. The molecule has 0 aliphatic rings. The van der Waals surface area contributed by atoms with E-state index in [1.807, 2.05) is 50.2 Å². The van der Waals surface area contributed by atoms with Gasteiger partial charge in [-0.1, -0.05) is 23.4 Å². The number of aryl methyl sites for hydroxylation is 3. The summed E-state index contributed by atoms with van der Waals surface area (Å²) in [4.78, 5) is 19.7. The van der Waals surface area contributed by atoms with E-state index in [0.29, 0.717) is 36.2 Å². The Morgan fingerprint density at radius 3 is 2.55 bits per heavy atom. The molecule has 0 radical (unpaired) electrons. The predicted octanol–water partition coefficient (Wildman–Crippen LogP) is 4.44. The van der Waals surface area contributed by atoms with Crippen LogP contribution in [0.2, 0.25) is 0 Å². The van der Waals surface area contributed by atoms with Crippen LogP contribution >= 0.6 is 11.8 Å². The van der Waals surface area contributed by atoms with Crippen molar-refractivity contribution in [3.63, 3.8) is 0 Å². The zero-order valence-corrected chi connectivity index (χ0v) is 18.0. The number of aromatic nitrogens is 2. The van der Waals surface area contributed by atoms with Gasteiger partial charge in [-0.15, -0.1) is 11.8 Å². The van der Waals surface area contributed by atoms with Crippen LogP contribution in [0.15, 0.2) is 51.9 Å². The van der Waals surface area contributed by atoms with E-state index in [2.05, 4.69) is 16.2 Å². The number of amides is 1. The van der Waals surface area contributed by atoms with Gasteiger partial charge in [0.25, 0.3) is 5.91 Å². The van der Waals surface area contributed by atoms with Gasteiger partial charge in [0.15, 0.2) is 5.82 Å². The lowest BCUT2D eigenvalue weighted by Gasteiger charge is -2.19. The molecule has 152 valence electrons. The molecule has 0 spiro atoms. The lowest BCUT2D eigenvalue weighted by Crippen LogP contribution is -2.31. The summed E-state index contributed by atoms with van der Waals surface area (Å²) in [5.74, 6) is 2.46. The van der Waals surface area contributed by atoms with Gasteiger partial charge in [0.2, 0.25) is 5.89 Å². The summed E-state index contributed by atoms with van der Waals surface area (Å²) in [6.07, 6.45) is 0. The number of carbonyl (C=O) groups is 1. The molecule has 1 aromatic heterocycles. The number of nitrogens with zero attached hydrogens (tertiary/aromatic N) is 3. The van der Waals surface area contributed by atoms with Gasteiger partial charge in [-0.3, -0.25) is 4.79 Å². The highest BCUT2D eigenvalue weighted by molar-refractivity contribution is 7.98. The Kier molecular flexibility index (Phi) is 6.93. The molecule has 0 saturated heterocycles. The van der Waals surface area contributed by atoms with Crippen molar-refractivity contribution in [2.75, 3.05) is 20.2 Å². The summed E-state index contributed by atoms with van der Waals surface area (Å²) < 4.78 is 11.0. The maximum absolute atomic E-state index is 12.9. The third kappa shape index (κ3) is 5.84. The highest BCUT2D eigenvalue weighted by Gasteiger charge is 2.16. The number of likely N-dealkylation sites (N-methyl/N-ethyl adjacent to an activating group) is 1. The van der Waals surface area contributed by atoms with Gasteiger partial charge in [0.1, 0.15) is 12.4 Å². The lowest BCUT2D eigenvalue weighted by atomic mass is 10.1. The molecule has 0 bridgehead atoms. The minimum absolute atomic E-state index is 0.0427. The Morgan fingerprint density at radius 1 is 1.14 bits per heavy atom. The average molecular weight is 412 g/mol. The van der Waals surface area contributed by atoms with E-state index < -0.39 is 0 Å². The van der Waals surface area contributed by atoms with Crippen molar-refractivity contribution in [2.45, 2.75) is 31.4 Å². The van der Waals surface area contributed by atoms with E-state index in [0.717, 1.165) is 21.8 Å². The summed E-state index contributed by atoms with van der Waals surface area (Å²) in [7, 11) is 1.79. The van der Waals surface area contributed by atoms with Gasteiger partial charge in [-0.2, -0.15) is 4.98 Å². The van der Waals surface area contributed by atoms with Gasteiger partial charge in [0, 0.05) is 11.9 Å². The lowest BCUT2D eigenvalue weighted by molar-refractivity contribution is 0.0770. The zero-order chi connectivity index (χ0) is 20.8. The molecule has 29 heavy (non-hydrogen) atoms. The van der Waals surface area contributed by atoms with E-state index in [4.69, 9.17) is 9.26 Å². The maximum Gasteiger partial charge on any atom is 0.254 e. The maximum atomic E-state index is 12.9. The molecule has 0 unspecified atom stereocenters. The van der Waals surface area contributed by atoms with Crippen molar-refractivity contribution in [1.82, 2.24) is 15.0 Å². The normalized spacial score (nSPS) is 10.8. The number of carbonyl (C=O) groups excluding carboxylic acids is 1. The first-order chi connectivity index (χ1) is 13.9. The number of thioether (sulfide) groups is 1. The Labute approximate surface area is 175 Å². The number of rotatable bonds is 8. The van der Waals surface area contributed by atoms with Gasteiger partial charge in [-0.25, -0.2) is 0 Å². The van der Waals surface area contributed by atoms with Crippen LogP contribution in [0.5, 0.6) is 5.75 Å². The first kappa shape index (κ1) is 20.9. The predicted molar refractivity (Wildman–Crippen MR) is 113 cm³/mol. The van der Waals surface area contributed by atoms with Crippen molar-refractivity contribution >= 4 is 17.7 Å². The molecule has 0 atom stereocenters. The van der Waals surface area contributed by atoms with Crippen molar-refractivity contribution in [2.24, 2.45) is 0 Å². The largest absolute Gasteiger partial charge is 0.492 e. The second-order valence-electron chi connectivity index (χ2n) is 6.92. The average Bonchev–Trinajstić information content (AvgIpc) is 3.10. The Hall–Kier alpha value is -2.80. The SMILES string of the molecule is Cc1cc(C)cc(OCCN(C)C(=O)c2ccccc2SCc2nc(C)no2)c1.